The Morgan fingerprint density at radius 2 is 2.21 bits per heavy atom. The maximum Gasteiger partial charge on any atom is 0.202 e. The molecule has 80 valence electrons. The average molecular weight is 215 g/mol. The van der Waals surface area contributed by atoms with E-state index in [1.807, 2.05) is 20.8 Å². The predicted molar refractivity (Wildman–Crippen MR) is 58.9 cm³/mol. The molecule has 0 amide bonds. The Hall–Kier alpha value is -0.680. The minimum atomic E-state index is -0.169. The molecule has 0 bridgehead atoms. The van der Waals surface area contributed by atoms with Crippen molar-refractivity contribution in [2.24, 2.45) is 0 Å². The maximum absolute atomic E-state index is 5.29. The molecule has 0 atom stereocenters. The smallest absolute Gasteiger partial charge is 0.202 e. The summed E-state index contributed by atoms with van der Waals surface area (Å²) in [5.41, 5.74) is -0.169. The van der Waals surface area contributed by atoms with Crippen molar-refractivity contribution in [2.45, 2.75) is 32.8 Å². The van der Waals surface area contributed by atoms with Crippen LogP contribution in [0.2, 0.25) is 0 Å². The third kappa shape index (κ3) is 3.23. The zero-order valence-electron chi connectivity index (χ0n) is 9.13. The molecule has 1 heterocycles. The molecule has 1 aromatic rings. The van der Waals surface area contributed by atoms with E-state index in [0.717, 1.165) is 23.9 Å². The second-order valence-electron chi connectivity index (χ2n) is 3.69. The van der Waals surface area contributed by atoms with E-state index in [4.69, 9.17) is 4.74 Å². The van der Waals surface area contributed by atoms with Crippen molar-refractivity contribution in [1.29, 1.82) is 0 Å². The number of methoxy groups -OCH3 is 1. The maximum atomic E-state index is 5.29. The minimum Gasteiger partial charge on any atom is -0.377 e. The van der Waals surface area contributed by atoms with Gasteiger partial charge in [0.25, 0.3) is 0 Å². The van der Waals surface area contributed by atoms with E-state index in [-0.39, 0.29) is 5.60 Å². The molecule has 14 heavy (non-hydrogen) atoms. The van der Waals surface area contributed by atoms with E-state index in [2.05, 4.69) is 14.7 Å². The molecule has 5 heteroatoms. The minimum absolute atomic E-state index is 0.169. The first kappa shape index (κ1) is 11.4. The second-order valence-corrected chi connectivity index (χ2v) is 4.44. The summed E-state index contributed by atoms with van der Waals surface area (Å²) >= 11 is 1.40. The van der Waals surface area contributed by atoms with Gasteiger partial charge in [-0.2, -0.15) is 4.37 Å². The fraction of sp³-hybridized carbons (Fsp3) is 0.778. The highest BCUT2D eigenvalue weighted by atomic mass is 32.1. The lowest BCUT2D eigenvalue weighted by molar-refractivity contribution is 0.0344. The van der Waals surface area contributed by atoms with Crippen molar-refractivity contribution < 1.29 is 4.74 Å². The lowest BCUT2D eigenvalue weighted by atomic mass is 10.1. The van der Waals surface area contributed by atoms with Gasteiger partial charge in [-0.3, -0.25) is 0 Å². The molecule has 0 unspecified atom stereocenters. The standard InChI is InChI=1S/C9H17N3OS/c1-5-7-11-8(14-12-7)10-6-9(2,3)13-4/h5-6H2,1-4H3,(H,10,11,12). The lowest BCUT2D eigenvalue weighted by Gasteiger charge is -2.22. The molecule has 4 nitrogen and oxygen atoms in total. The topological polar surface area (TPSA) is 47.0 Å². The molecule has 0 saturated heterocycles. The van der Waals surface area contributed by atoms with Gasteiger partial charge in [-0.15, -0.1) is 0 Å². The summed E-state index contributed by atoms with van der Waals surface area (Å²) in [6, 6.07) is 0. The number of aryl methyl sites for hydroxylation is 1. The molecular formula is C9H17N3OS. The Morgan fingerprint density at radius 3 is 2.71 bits per heavy atom. The number of ether oxygens (including phenoxy) is 1. The number of aromatic nitrogens is 2. The molecule has 0 radical (unpaired) electrons. The fourth-order valence-corrected chi connectivity index (χ4v) is 1.47. The van der Waals surface area contributed by atoms with Gasteiger partial charge in [-0.1, -0.05) is 6.92 Å². The largest absolute Gasteiger partial charge is 0.377 e. The van der Waals surface area contributed by atoms with E-state index in [0.29, 0.717) is 0 Å². The zero-order valence-corrected chi connectivity index (χ0v) is 9.94. The second kappa shape index (κ2) is 4.70. The van der Waals surface area contributed by atoms with Crippen LogP contribution in [-0.2, 0) is 11.2 Å². The van der Waals surface area contributed by atoms with Crippen molar-refractivity contribution in [3.05, 3.63) is 5.82 Å². The third-order valence-electron chi connectivity index (χ3n) is 2.00. The number of nitrogens with one attached hydrogen (secondary N) is 1. The molecule has 1 rings (SSSR count). The van der Waals surface area contributed by atoms with E-state index in [9.17, 15) is 0 Å². The van der Waals surface area contributed by atoms with Gasteiger partial charge in [0.05, 0.1) is 5.60 Å². The summed E-state index contributed by atoms with van der Waals surface area (Å²) in [6.45, 7) is 6.84. The van der Waals surface area contributed by atoms with Crippen LogP contribution in [0.4, 0.5) is 5.13 Å². The Balaban J connectivity index is 2.45. The highest BCUT2D eigenvalue weighted by Crippen LogP contribution is 2.14. The first-order valence-electron chi connectivity index (χ1n) is 4.69. The summed E-state index contributed by atoms with van der Waals surface area (Å²) in [4.78, 5) is 4.31. The summed E-state index contributed by atoms with van der Waals surface area (Å²) in [7, 11) is 1.71. The monoisotopic (exact) mass is 215 g/mol. The van der Waals surface area contributed by atoms with Gasteiger partial charge in [0.15, 0.2) is 0 Å². The Morgan fingerprint density at radius 1 is 1.50 bits per heavy atom. The summed E-state index contributed by atoms with van der Waals surface area (Å²) in [6.07, 6.45) is 0.881. The molecule has 0 saturated carbocycles. The van der Waals surface area contributed by atoms with Gasteiger partial charge in [-0.25, -0.2) is 4.98 Å². The van der Waals surface area contributed by atoms with Crippen LogP contribution in [0.1, 0.15) is 26.6 Å². The highest BCUT2D eigenvalue weighted by molar-refractivity contribution is 7.09. The first-order valence-corrected chi connectivity index (χ1v) is 5.46. The van der Waals surface area contributed by atoms with Gasteiger partial charge in [0, 0.05) is 31.6 Å². The lowest BCUT2D eigenvalue weighted by Crippen LogP contribution is -2.31. The van der Waals surface area contributed by atoms with Crippen molar-refractivity contribution >= 4 is 16.7 Å². The average Bonchev–Trinajstić information content (AvgIpc) is 2.63. The zero-order chi connectivity index (χ0) is 10.6. The van der Waals surface area contributed by atoms with Crippen molar-refractivity contribution in [3.63, 3.8) is 0 Å². The Labute approximate surface area is 88.9 Å². The number of rotatable bonds is 5. The van der Waals surface area contributed by atoms with Gasteiger partial charge in [0.2, 0.25) is 5.13 Å². The molecule has 0 aromatic carbocycles. The predicted octanol–water partition coefficient (Wildman–Crippen LogP) is 1.94. The normalized spacial score (nSPS) is 11.7. The Kier molecular flexibility index (Phi) is 3.83. The van der Waals surface area contributed by atoms with Crippen molar-refractivity contribution in [1.82, 2.24) is 9.36 Å². The van der Waals surface area contributed by atoms with Crippen LogP contribution in [0.25, 0.3) is 0 Å². The van der Waals surface area contributed by atoms with Crippen molar-refractivity contribution in [3.8, 4) is 0 Å². The van der Waals surface area contributed by atoms with Gasteiger partial charge < -0.3 is 10.1 Å². The van der Waals surface area contributed by atoms with Gasteiger partial charge in [0.1, 0.15) is 5.82 Å². The van der Waals surface area contributed by atoms with Crippen LogP contribution in [0, 0.1) is 0 Å². The first-order chi connectivity index (χ1) is 6.57. The van der Waals surface area contributed by atoms with Crippen LogP contribution >= 0.6 is 11.5 Å². The molecular weight excluding hydrogens is 198 g/mol. The molecule has 0 aliphatic rings. The highest BCUT2D eigenvalue weighted by Gasteiger charge is 2.16. The van der Waals surface area contributed by atoms with E-state index in [1.165, 1.54) is 11.5 Å². The van der Waals surface area contributed by atoms with Gasteiger partial charge in [-0.05, 0) is 13.8 Å². The number of nitrogens with zero attached hydrogens (tertiary/aromatic N) is 2. The summed E-state index contributed by atoms with van der Waals surface area (Å²) in [5.74, 6) is 0.896. The molecule has 0 aliphatic heterocycles. The number of hydrogen-bond donors (Lipinski definition) is 1. The summed E-state index contributed by atoms with van der Waals surface area (Å²) in [5, 5.41) is 4.08. The van der Waals surface area contributed by atoms with Crippen LogP contribution in [0.5, 0.6) is 0 Å². The van der Waals surface area contributed by atoms with E-state index in [1.54, 1.807) is 7.11 Å². The molecule has 0 fully saturated rings. The number of hydrogen-bond acceptors (Lipinski definition) is 5. The van der Waals surface area contributed by atoms with Crippen LogP contribution in [0.3, 0.4) is 0 Å². The molecule has 1 aromatic heterocycles. The third-order valence-corrected chi connectivity index (χ3v) is 2.71. The van der Waals surface area contributed by atoms with Crippen LogP contribution < -0.4 is 5.32 Å². The molecule has 1 N–H and O–H groups in total. The van der Waals surface area contributed by atoms with E-state index < -0.39 is 0 Å². The number of anilines is 1. The van der Waals surface area contributed by atoms with E-state index >= 15 is 0 Å². The van der Waals surface area contributed by atoms with Crippen LogP contribution in [-0.4, -0.2) is 28.6 Å². The van der Waals surface area contributed by atoms with Crippen LogP contribution in [0.15, 0.2) is 0 Å². The SMILES string of the molecule is CCc1nsc(NCC(C)(C)OC)n1. The molecule has 0 aliphatic carbocycles. The quantitative estimate of drug-likeness (QED) is 0.815. The van der Waals surface area contributed by atoms with Gasteiger partial charge >= 0.3 is 0 Å². The summed E-state index contributed by atoms with van der Waals surface area (Å²) < 4.78 is 9.47. The fourth-order valence-electron chi connectivity index (χ4n) is 0.830. The molecule has 0 spiro atoms. The Bertz CT molecular complexity index is 285. The van der Waals surface area contributed by atoms with Crippen molar-refractivity contribution in [2.75, 3.05) is 19.0 Å².